The summed E-state index contributed by atoms with van der Waals surface area (Å²) in [4.78, 5) is 0. The maximum Gasteiger partial charge on any atom is 0.0729 e. The zero-order valence-corrected chi connectivity index (χ0v) is 9.82. The van der Waals surface area contributed by atoms with E-state index in [1.165, 1.54) is 12.8 Å². The van der Waals surface area contributed by atoms with Crippen LogP contribution >= 0.6 is 0 Å². The summed E-state index contributed by atoms with van der Waals surface area (Å²) in [7, 11) is 0. The monoisotopic (exact) mass is 209 g/mol. The minimum Gasteiger partial charge on any atom is -0.391 e. The van der Waals surface area contributed by atoms with E-state index in [9.17, 15) is 5.11 Å². The van der Waals surface area contributed by atoms with Crippen LogP contribution in [-0.4, -0.2) is 23.8 Å². The maximum absolute atomic E-state index is 10.2. The van der Waals surface area contributed by atoms with Crippen molar-refractivity contribution in [2.75, 3.05) is 6.54 Å². The van der Waals surface area contributed by atoms with Gasteiger partial charge in [-0.25, -0.2) is 0 Å². The summed E-state index contributed by atoms with van der Waals surface area (Å²) in [6, 6.07) is 0.341. The topological polar surface area (TPSA) is 32.3 Å². The fourth-order valence-corrected chi connectivity index (χ4v) is 3.31. The Bertz CT molecular complexity index is 237. The summed E-state index contributed by atoms with van der Waals surface area (Å²) in [5.41, 5.74) is 0. The SMILES string of the molecule is C=CC1CC2CC1C(O)C2NCC(C)C. The van der Waals surface area contributed by atoms with Crippen LogP contribution in [0.4, 0.5) is 0 Å². The molecule has 2 rings (SSSR count). The molecule has 0 aromatic carbocycles. The molecule has 0 amide bonds. The molecular formula is C13H23NO. The summed E-state index contributed by atoms with van der Waals surface area (Å²) in [5.74, 6) is 2.36. The Morgan fingerprint density at radius 1 is 1.47 bits per heavy atom. The van der Waals surface area contributed by atoms with Crippen molar-refractivity contribution in [3.8, 4) is 0 Å². The van der Waals surface area contributed by atoms with E-state index < -0.39 is 0 Å². The minimum atomic E-state index is -0.148. The quantitative estimate of drug-likeness (QED) is 0.692. The molecule has 2 nitrogen and oxygen atoms in total. The van der Waals surface area contributed by atoms with Crippen molar-refractivity contribution in [3.05, 3.63) is 12.7 Å². The van der Waals surface area contributed by atoms with Crippen molar-refractivity contribution < 1.29 is 5.11 Å². The molecule has 5 unspecified atom stereocenters. The highest BCUT2D eigenvalue weighted by molar-refractivity contribution is 5.08. The van der Waals surface area contributed by atoms with Crippen LogP contribution in [0.2, 0.25) is 0 Å². The number of rotatable bonds is 4. The molecule has 2 bridgehead atoms. The van der Waals surface area contributed by atoms with Gasteiger partial charge in [0.25, 0.3) is 0 Å². The second-order valence-corrected chi connectivity index (χ2v) is 5.61. The molecule has 0 aromatic heterocycles. The first kappa shape index (κ1) is 11.2. The van der Waals surface area contributed by atoms with Crippen molar-refractivity contribution >= 4 is 0 Å². The highest BCUT2D eigenvalue weighted by Crippen LogP contribution is 2.48. The molecule has 5 atom stereocenters. The van der Waals surface area contributed by atoms with Gasteiger partial charge in [0.15, 0.2) is 0 Å². The van der Waals surface area contributed by atoms with E-state index in [1.54, 1.807) is 0 Å². The van der Waals surface area contributed by atoms with Gasteiger partial charge in [0, 0.05) is 6.04 Å². The molecule has 2 N–H and O–H groups in total. The first-order chi connectivity index (χ1) is 7.13. The first-order valence-corrected chi connectivity index (χ1v) is 6.17. The molecular weight excluding hydrogens is 186 g/mol. The Morgan fingerprint density at radius 3 is 2.73 bits per heavy atom. The second kappa shape index (κ2) is 4.26. The van der Waals surface area contributed by atoms with Crippen LogP contribution in [0, 0.1) is 23.7 Å². The largest absolute Gasteiger partial charge is 0.391 e. The third-order valence-electron chi connectivity index (χ3n) is 4.08. The third-order valence-corrected chi connectivity index (χ3v) is 4.08. The van der Waals surface area contributed by atoms with E-state index in [0.29, 0.717) is 29.7 Å². The van der Waals surface area contributed by atoms with Gasteiger partial charge >= 0.3 is 0 Å². The van der Waals surface area contributed by atoms with E-state index in [1.807, 2.05) is 6.08 Å². The van der Waals surface area contributed by atoms with Gasteiger partial charge in [0.05, 0.1) is 6.10 Å². The van der Waals surface area contributed by atoms with E-state index in [2.05, 4.69) is 25.7 Å². The van der Waals surface area contributed by atoms with Gasteiger partial charge in [-0.05, 0) is 43.1 Å². The van der Waals surface area contributed by atoms with E-state index in [-0.39, 0.29) is 6.10 Å². The molecule has 0 saturated heterocycles. The second-order valence-electron chi connectivity index (χ2n) is 5.61. The van der Waals surface area contributed by atoms with Crippen molar-refractivity contribution in [2.24, 2.45) is 23.7 Å². The molecule has 2 fully saturated rings. The summed E-state index contributed by atoms with van der Waals surface area (Å²) < 4.78 is 0. The molecule has 0 radical (unpaired) electrons. The minimum absolute atomic E-state index is 0.148. The molecule has 2 heteroatoms. The highest BCUT2D eigenvalue weighted by atomic mass is 16.3. The van der Waals surface area contributed by atoms with Crippen molar-refractivity contribution in [1.82, 2.24) is 5.32 Å². The van der Waals surface area contributed by atoms with E-state index >= 15 is 0 Å². The summed E-state index contributed by atoms with van der Waals surface area (Å²) in [5, 5.41) is 13.7. The van der Waals surface area contributed by atoms with Gasteiger partial charge in [-0.15, -0.1) is 6.58 Å². The number of hydrogen-bond acceptors (Lipinski definition) is 2. The average molecular weight is 209 g/mol. The van der Waals surface area contributed by atoms with Crippen LogP contribution < -0.4 is 5.32 Å². The summed E-state index contributed by atoms with van der Waals surface area (Å²) in [6.07, 6.45) is 4.30. The van der Waals surface area contributed by atoms with Gasteiger partial charge in [-0.2, -0.15) is 0 Å². The lowest BCUT2D eigenvalue weighted by Gasteiger charge is -2.32. The number of aliphatic hydroxyl groups is 1. The van der Waals surface area contributed by atoms with Gasteiger partial charge in [-0.1, -0.05) is 19.9 Å². The third kappa shape index (κ3) is 1.98. The molecule has 86 valence electrons. The predicted molar refractivity (Wildman–Crippen MR) is 62.5 cm³/mol. The van der Waals surface area contributed by atoms with Gasteiger partial charge in [0.1, 0.15) is 0 Å². The van der Waals surface area contributed by atoms with Crippen LogP contribution in [0.1, 0.15) is 26.7 Å². The van der Waals surface area contributed by atoms with Crippen molar-refractivity contribution in [2.45, 2.75) is 38.8 Å². The van der Waals surface area contributed by atoms with Crippen molar-refractivity contribution in [1.29, 1.82) is 0 Å². The molecule has 2 saturated carbocycles. The van der Waals surface area contributed by atoms with Gasteiger partial charge in [0.2, 0.25) is 0 Å². The fourth-order valence-electron chi connectivity index (χ4n) is 3.31. The zero-order chi connectivity index (χ0) is 11.0. The Labute approximate surface area is 92.8 Å². The molecule has 15 heavy (non-hydrogen) atoms. The standard InChI is InChI=1S/C13H23NO/c1-4-9-5-10-6-11(9)13(15)12(10)14-7-8(2)3/h4,8-15H,1,5-7H2,2-3H3. The lowest BCUT2D eigenvalue weighted by atomic mass is 9.84. The smallest absolute Gasteiger partial charge is 0.0729 e. The average Bonchev–Trinajstić information content (AvgIpc) is 2.72. The predicted octanol–water partition coefficient (Wildman–Crippen LogP) is 1.80. The number of fused-ring (bicyclic) bond motifs is 2. The van der Waals surface area contributed by atoms with Gasteiger partial charge < -0.3 is 10.4 Å². The Kier molecular flexibility index (Phi) is 3.17. The van der Waals surface area contributed by atoms with Crippen LogP contribution in [0.25, 0.3) is 0 Å². The Hall–Kier alpha value is -0.340. The molecule has 0 aliphatic heterocycles. The number of nitrogens with one attached hydrogen (secondary N) is 1. The number of hydrogen-bond donors (Lipinski definition) is 2. The van der Waals surface area contributed by atoms with Gasteiger partial charge in [-0.3, -0.25) is 0 Å². The zero-order valence-electron chi connectivity index (χ0n) is 9.82. The molecule has 2 aliphatic carbocycles. The Balaban J connectivity index is 1.92. The fraction of sp³-hybridized carbons (Fsp3) is 0.846. The summed E-state index contributed by atoms with van der Waals surface area (Å²) in [6.45, 7) is 9.30. The lowest BCUT2D eigenvalue weighted by molar-refractivity contribution is 0.0608. The highest BCUT2D eigenvalue weighted by Gasteiger charge is 2.50. The lowest BCUT2D eigenvalue weighted by Crippen LogP contribution is -2.47. The van der Waals surface area contributed by atoms with E-state index in [0.717, 1.165) is 6.54 Å². The van der Waals surface area contributed by atoms with Crippen LogP contribution in [0.15, 0.2) is 12.7 Å². The first-order valence-electron chi connectivity index (χ1n) is 6.17. The number of allylic oxidation sites excluding steroid dienone is 1. The van der Waals surface area contributed by atoms with Crippen LogP contribution in [0.5, 0.6) is 0 Å². The van der Waals surface area contributed by atoms with Crippen LogP contribution in [-0.2, 0) is 0 Å². The Morgan fingerprint density at radius 2 is 2.20 bits per heavy atom. The summed E-state index contributed by atoms with van der Waals surface area (Å²) >= 11 is 0. The maximum atomic E-state index is 10.2. The molecule has 0 aromatic rings. The molecule has 0 heterocycles. The van der Waals surface area contributed by atoms with Crippen LogP contribution in [0.3, 0.4) is 0 Å². The van der Waals surface area contributed by atoms with Crippen molar-refractivity contribution in [3.63, 3.8) is 0 Å². The molecule has 2 aliphatic rings. The normalized spacial score (nSPS) is 43.9. The number of aliphatic hydroxyl groups excluding tert-OH is 1. The van der Waals surface area contributed by atoms with E-state index in [4.69, 9.17) is 0 Å². The molecule has 0 spiro atoms.